The number of likely N-dealkylation sites (tertiary alicyclic amines) is 1. The van der Waals surface area contributed by atoms with Gasteiger partial charge in [0.05, 0.1) is 0 Å². The van der Waals surface area contributed by atoms with Gasteiger partial charge in [0, 0.05) is 17.0 Å². The van der Waals surface area contributed by atoms with Crippen molar-refractivity contribution >= 4 is 24.2 Å². The monoisotopic (exact) mass is 253 g/mol. The number of benzene rings is 1. The third-order valence-electron chi connectivity index (χ3n) is 3.20. The number of hydrogen-bond donors (Lipinski definition) is 2. The Labute approximate surface area is 107 Å². The lowest BCUT2D eigenvalue weighted by atomic mass is 9.80. The standard InChI is InChI=1S/C12H17BClNO2/c14-12-8-10(4-5-11(12)13(16)17)9-15-6-2-1-3-7-15/h4-5,8,16-17H,1-3,6-7,9H2. The van der Waals surface area contributed by atoms with E-state index in [0.29, 0.717) is 10.5 Å². The zero-order valence-electron chi connectivity index (χ0n) is 9.77. The minimum atomic E-state index is -1.49. The highest BCUT2D eigenvalue weighted by Crippen LogP contribution is 2.15. The lowest BCUT2D eigenvalue weighted by molar-refractivity contribution is 0.221. The summed E-state index contributed by atoms with van der Waals surface area (Å²) in [6.07, 6.45) is 3.86. The molecule has 2 rings (SSSR count). The summed E-state index contributed by atoms with van der Waals surface area (Å²) in [5, 5.41) is 18.6. The van der Waals surface area contributed by atoms with E-state index in [0.717, 1.165) is 25.2 Å². The van der Waals surface area contributed by atoms with Crippen LogP contribution in [0.25, 0.3) is 0 Å². The van der Waals surface area contributed by atoms with Gasteiger partial charge in [-0.25, -0.2) is 0 Å². The van der Waals surface area contributed by atoms with Gasteiger partial charge in [-0.3, -0.25) is 4.90 Å². The lowest BCUT2D eigenvalue weighted by Gasteiger charge is -2.26. The van der Waals surface area contributed by atoms with Gasteiger partial charge in [0.15, 0.2) is 0 Å². The number of piperidine rings is 1. The van der Waals surface area contributed by atoms with Crippen LogP contribution in [0.4, 0.5) is 0 Å². The Bertz CT molecular complexity index is 381. The highest BCUT2D eigenvalue weighted by atomic mass is 35.5. The van der Waals surface area contributed by atoms with Crippen LogP contribution in [-0.4, -0.2) is 35.2 Å². The van der Waals surface area contributed by atoms with Crippen molar-refractivity contribution in [3.63, 3.8) is 0 Å². The van der Waals surface area contributed by atoms with Crippen molar-refractivity contribution < 1.29 is 10.0 Å². The Hall–Kier alpha value is -0.545. The van der Waals surface area contributed by atoms with E-state index in [1.54, 1.807) is 6.07 Å². The average Bonchev–Trinajstić information content (AvgIpc) is 2.30. The normalized spacial score (nSPS) is 17.1. The molecule has 17 heavy (non-hydrogen) atoms. The largest absolute Gasteiger partial charge is 0.489 e. The molecule has 0 amide bonds. The van der Waals surface area contributed by atoms with E-state index in [1.165, 1.54) is 19.3 Å². The summed E-state index contributed by atoms with van der Waals surface area (Å²) < 4.78 is 0. The van der Waals surface area contributed by atoms with E-state index in [4.69, 9.17) is 21.6 Å². The topological polar surface area (TPSA) is 43.7 Å². The van der Waals surface area contributed by atoms with Gasteiger partial charge < -0.3 is 10.0 Å². The molecule has 1 saturated heterocycles. The molecule has 0 unspecified atom stereocenters. The molecular formula is C12H17BClNO2. The van der Waals surface area contributed by atoms with Gasteiger partial charge in [-0.05, 0) is 37.6 Å². The van der Waals surface area contributed by atoms with Crippen LogP contribution in [0.15, 0.2) is 18.2 Å². The third kappa shape index (κ3) is 3.46. The summed E-state index contributed by atoms with van der Waals surface area (Å²) in [6.45, 7) is 3.17. The van der Waals surface area contributed by atoms with Crippen LogP contribution in [-0.2, 0) is 6.54 Å². The third-order valence-corrected chi connectivity index (χ3v) is 3.53. The summed E-state index contributed by atoms with van der Waals surface area (Å²) in [7, 11) is -1.49. The fraction of sp³-hybridized carbons (Fsp3) is 0.500. The molecule has 2 N–H and O–H groups in total. The summed E-state index contributed by atoms with van der Waals surface area (Å²) in [5.41, 5.74) is 1.50. The first-order valence-electron chi connectivity index (χ1n) is 6.03. The van der Waals surface area contributed by atoms with Crippen molar-refractivity contribution in [1.29, 1.82) is 0 Å². The van der Waals surface area contributed by atoms with Crippen molar-refractivity contribution in [2.45, 2.75) is 25.8 Å². The average molecular weight is 254 g/mol. The SMILES string of the molecule is OB(O)c1ccc(CN2CCCCC2)cc1Cl. The highest BCUT2D eigenvalue weighted by Gasteiger charge is 2.16. The first-order chi connectivity index (χ1) is 8.16. The van der Waals surface area contributed by atoms with Crippen LogP contribution >= 0.6 is 11.6 Å². The fourth-order valence-electron chi connectivity index (χ4n) is 2.25. The van der Waals surface area contributed by atoms with Gasteiger partial charge in [0.25, 0.3) is 0 Å². The molecule has 5 heteroatoms. The van der Waals surface area contributed by atoms with Crippen molar-refractivity contribution in [2.75, 3.05) is 13.1 Å². The zero-order chi connectivity index (χ0) is 12.3. The minimum absolute atomic E-state index is 0.370. The van der Waals surface area contributed by atoms with Gasteiger partial charge >= 0.3 is 7.12 Å². The lowest BCUT2D eigenvalue weighted by Crippen LogP contribution is -2.32. The summed E-state index contributed by atoms with van der Waals surface area (Å²) in [4.78, 5) is 2.41. The molecule has 1 aromatic carbocycles. The number of halogens is 1. The molecular weight excluding hydrogens is 236 g/mol. The van der Waals surface area contributed by atoms with Gasteiger partial charge in [-0.2, -0.15) is 0 Å². The van der Waals surface area contributed by atoms with Gasteiger partial charge in [-0.15, -0.1) is 0 Å². The molecule has 3 nitrogen and oxygen atoms in total. The maximum atomic E-state index is 9.08. The second-order valence-electron chi connectivity index (χ2n) is 4.57. The summed E-state index contributed by atoms with van der Waals surface area (Å²) >= 11 is 6.00. The van der Waals surface area contributed by atoms with Crippen LogP contribution in [0, 0.1) is 0 Å². The molecule has 0 aromatic heterocycles. The Balaban J connectivity index is 2.04. The number of nitrogens with zero attached hydrogens (tertiary/aromatic N) is 1. The van der Waals surface area contributed by atoms with E-state index < -0.39 is 7.12 Å². The van der Waals surface area contributed by atoms with Crippen molar-refractivity contribution in [1.82, 2.24) is 4.90 Å². The molecule has 92 valence electrons. The van der Waals surface area contributed by atoms with E-state index >= 15 is 0 Å². The van der Waals surface area contributed by atoms with Crippen LogP contribution in [0.5, 0.6) is 0 Å². The summed E-state index contributed by atoms with van der Waals surface area (Å²) in [5.74, 6) is 0. The zero-order valence-corrected chi connectivity index (χ0v) is 10.5. The molecule has 1 heterocycles. The Kier molecular flexibility index (Phi) is 4.45. The minimum Gasteiger partial charge on any atom is -0.423 e. The highest BCUT2D eigenvalue weighted by molar-refractivity contribution is 6.62. The van der Waals surface area contributed by atoms with Crippen LogP contribution in [0.2, 0.25) is 5.02 Å². The van der Waals surface area contributed by atoms with E-state index in [-0.39, 0.29) is 0 Å². The molecule has 1 fully saturated rings. The molecule has 1 aliphatic rings. The molecule has 1 aliphatic heterocycles. The molecule has 0 atom stereocenters. The smallest absolute Gasteiger partial charge is 0.423 e. The molecule has 0 bridgehead atoms. The van der Waals surface area contributed by atoms with Crippen molar-refractivity contribution in [3.05, 3.63) is 28.8 Å². The number of rotatable bonds is 3. The molecule has 0 radical (unpaired) electrons. The quantitative estimate of drug-likeness (QED) is 0.790. The summed E-state index contributed by atoms with van der Waals surface area (Å²) in [6, 6.07) is 5.42. The van der Waals surface area contributed by atoms with Crippen LogP contribution in [0.3, 0.4) is 0 Å². The second-order valence-corrected chi connectivity index (χ2v) is 4.97. The predicted octanol–water partition coefficient (Wildman–Crippen LogP) is 1.01. The first-order valence-corrected chi connectivity index (χ1v) is 6.41. The molecule has 1 aromatic rings. The number of hydrogen-bond acceptors (Lipinski definition) is 3. The predicted molar refractivity (Wildman–Crippen MR) is 70.4 cm³/mol. The molecule has 0 spiro atoms. The van der Waals surface area contributed by atoms with Crippen molar-refractivity contribution in [3.8, 4) is 0 Å². The van der Waals surface area contributed by atoms with Gasteiger partial charge in [0.2, 0.25) is 0 Å². The van der Waals surface area contributed by atoms with E-state index in [1.807, 2.05) is 12.1 Å². The Morgan fingerprint density at radius 1 is 1.18 bits per heavy atom. The van der Waals surface area contributed by atoms with Crippen molar-refractivity contribution in [2.24, 2.45) is 0 Å². The van der Waals surface area contributed by atoms with Crippen LogP contribution < -0.4 is 5.46 Å². The second kappa shape index (κ2) is 5.87. The Morgan fingerprint density at radius 2 is 1.88 bits per heavy atom. The van der Waals surface area contributed by atoms with Crippen LogP contribution in [0.1, 0.15) is 24.8 Å². The molecule has 0 saturated carbocycles. The first kappa shape index (κ1) is 12.9. The van der Waals surface area contributed by atoms with E-state index in [2.05, 4.69) is 4.90 Å². The Morgan fingerprint density at radius 3 is 2.47 bits per heavy atom. The van der Waals surface area contributed by atoms with Gasteiger partial charge in [-0.1, -0.05) is 30.2 Å². The maximum absolute atomic E-state index is 9.08. The maximum Gasteiger partial charge on any atom is 0.489 e. The fourth-order valence-corrected chi connectivity index (χ4v) is 2.55. The van der Waals surface area contributed by atoms with Gasteiger partial charge in [0.1, 0.15) is 0 Å². The molecule has 0 aliphatic carbocycles. The van der Waals surface area contributed by atoms with E-state index in [9.17, 15) is 0 Å².